The molecule has 0 aliphatic heterocycles. The minimum Gasteiger partial charge on any atom is -0.481 e. The fourth-order valence-corrected chi connectivity index (χ4v) is 3.71. The van der Waals surface area contributed by atoms with E-state index in [1.807, 2.05) is 30.3 Å². The monoisotopic (exact) mass is 365 g/mol. The van der Waals surface area contributed by atoms with Gasteiger partial charge < -0.3 is 5.11 Å². The van der Waals surface area contributed by atoms with Crippen molar-refractivity contribution in [3.8, 4) is 0 Å². The number of nitrogens with one attached hydrogen (secondary N) is 1. The summed E-state index contributed by atoms with van der Waals surface area (Å²) < 4.78 is 41.2. The summed E-state index contributed by atoms with van der Waals surface area (Å²) in [6.07, 6.45) is 0.321. The van der Waals surface area contributed by atoms with E-state index < -0.39 is 27.9 Å². The molecule has 0 aliphatic carbocycles. The molecule has 0 amide bonds. The highest BCUT2D eigenvalue weighted by atomic mass is 32.2. The standard InChI is InChI=1S/C18H20FNO4S/c1-13-7-9-16(12-17(13)19)25(23,24)20-15(8-10-18(21)22)11-14-5-3-2-4-6-14/h2-7,9,12,15,20H,8,10-11H2,1H3,(H,21,22). The van der Waals surface area contributed by atoms with Crippen molar-refractivity contribution >= 4 is 16.0 Å². The molecule has 5 nitrogen and oxygen atoms in total. The highest BCUT2D eigenvalue weighted by molar-refractivity contribution is 7.89. The number of benzene rings is 2. The third kappa shape index (κ3) is 5.65. The molecular formula is C18H20FNO4S. The van der Waals surface area contributed by atoms with Crippen LogP contribution in [0.1, 0.15) is 24.0 Å². The van der Waals surface area contributed by atoms with E-state index in [9.17, 15) is 17.6 Å². The zero-order valence-electron chi connectivity index (χ0n) is 13.8. The molecule has 0 bridgehead atoms. The Morgan fingerprint density at radius 3 is 2.48 bits per heavy atom. The lowest BCUT2D eigenvalue weighted by Gasteiger charge is -2.18. The molecule has 0 heterocycles. The van der Waals surface area contributed by atoms with Crippen LogP contribution in [0.4, 0.5) is 4.39 Å². The molecule has 0 aliphatic rings. The molecule has 0 spiro atoms. The normalized spacial score (nSPS) is 12.7. The number of carbonyl (C=O) groups is 1. The molecular weight excluding hydrogens is 345 g/mol. The van der Waals surface area contributed by atoms with Gasteiger partial charge in [-0.1, -0.05) is 36.4 Å². The first kappa shape index (κ1) is 19.1. The largest absolute Gasteiger partial charge is 0.481 e. The van der Waals surface area contributed by atoms with Gasteiger partial charge in [-0.2, -0.15) is 0 Å². The highest BCUT2D eigenvalue weighted by Crippen LogP contribution is 2.16. The third-order valence-electron chi connectivity index (χ3n) is 3.81. The molecule has 134 valence electrons. The van der Waals surface area contributed by atoms with Crippen molar-refractivity contribution in [2.45, 2.75) is 37.1 Å². The number of carboxylic acid groups (broad SMARTS) is 1. The topological polar surface area (TPSA) is 83.5 Å². The molecule has 1 atom stereocenters. The fraction of sp³-hybridized carbons (Fsp3) is 0.278. The van der Waals surface area contributed by atoms with Gasteiger partial charge in [-0.25, -0.2) is 17.5 Å². The van der Waals surface area contributed by atoms with Gasteiger partial charge in [0.1, 0.15) is 5.82 Å². The van der Waals surface area contributed by atoms with E-state index in [0.29, 0.717) is 12.0 Å². The maximum Gasteiger partial charge on any atom is 0.303 e. The zero-order valence-corrected chi connectivity index (χ0v) is 14.6. The first-order chi connectivity index (χ1) is 11.8. The average Bonchev–Trinajstić information content (AvgIpc) is 2.55. The van der Waals surface area contributed by atoms with Crippen LogP contribution in [0.5, 0.6) is 0 Å². The smallest absolute Gasteiger partial charge is 0.303 e. The molecule has 2 N–H and O–H groups in total. The Morgan fingerprint density at radius 2 is 1.88 bits per heavy atom. The van der Waals surface area contributed by atoms with Crippen molar-refractivity contribution in [1.82, 2.24) is 4.72 Å². The Hall–Kier alpha value is -2.25. The summed E-state index contributed by atoms with van der Waals surface area (Å²) in [4.78, 5) is 10.7. The lowest BCUT2D eigenvalue weighted by atomic mass is 10.0. The molecule has 0 radical (unpaired) electrons. The van der Waals surface area contributed by atoms with Gasteiger partial charge in [-0.3, -0.25) is 4.79 Å². The molecule has 0 saturated heterocycles. The van der Waals surface area contributed by atoms with Crippen LogP contribution in [0, 0.1) is 12.7 Å². The van der Waals surface area contributed by atoms with Gasteiger partial charge in [-0.05, 0) is 43.0 Å². The summed E-state index contributed by atoms with van der Waals surface area (Å²) in [5, 5.41) is 8.88. The van der Waals surface area contributed by atoms with Crippen molar-refractivity contribution in [2.24, 2.45) is 0 Å². The van der Waals surface area contributed by atoms with Crippen LogP contribution in [0.2, 0.25) is 0 Å². The maximum absolute atomic E-state index is 13.7. The van der Waals surface area contributed by atoms with Crippen LogP contribution in [0.25, 0.3) is 0 Å². The number of aliphatic carboxylic acids is 1. The fourth-order valence-electron chi connectivity index (χ4n) is 2.43. The van der Waals surface area contributed by atoms with E-state index in [4.69, 9.17) is 5.11 Å². The van der Waals surface area contributed by atoms with Crippen LogP contribution in [-0.4, -0.2) is 25.5 Å². The van der Waals surface area contributed by atoms with Crippen molar-refractivity contribution in [1.29, 1.82) is 0 Å². The summed E-state index contributed by atoms with van der Waals surface area (Å²) in [7, 11) is -3.95. The number of hydrogen-bond donors (Lipinski definition) is 2. The number of rotatable bonds is 8. The second kappa shape index (κ2) is 8.22. The van der Waals surface area contributed by atoms with E-state index in [-0.39, 0.29) is 17.7 Å². The molecule has 0 fully saturated rings. The Morgan fingerprint density at radius 1 is 1.20 bits per heavy atom. The van der Waals surface area contributed by atoms with Gasteiger partial charge in [0.15, 0.2) is 0 Å². The lowest BCUT2D eigenvalue weighted by Crippen LogP contribution is -2.37. The lowest BCUT2D eigenvalue weighted by molar-refractivity contribution is -0.137. The Labute approximate surface area is 146 Å². The molecule has 2 aromatic rings. The SMILES string of the molecule is Cc1ccc(S(=O)(=O)NC(CCC(=O)O)Cc2ccccc2)cc1F. The zero-order chi connectivity index (χ0) is 18.4. The van der Waals surface area contributed by atoms with Crippen LogP contribution in [0.15, 0.2) is 53.4 Å². The third-order valence-corrected chi connectivity index (χ3v) is 5.33. The van der Waals surface area contributed by atoms with Crippen LogP contribution in [-0.2, 0) is 21.2 Å². The summed E-state index contributed by atoms with van der Waals surface area (Å²) in [6, 6.07) is 12.3. The number of aryl methyl sites for hydroxylation is 1. The summed E-state index contributed by atoms with van der Waals surface area (Å²) >= 11 is 0. The van der Waals surface area contributed by atoms with E-state index in [0.717, 1.165) is 11.6 Å². The van der Waals surface area contributed by atoms with Gasteiger partial charge in [0, 0.05) is 12.5 Å². The van der Waals surface area contributed by atoms with E-state index in [1.54, 1.807) is 6.92 Å². The average molecular weight is 365 g/mol. The van der Waals surface area contributed by atoms with Gasteiger partial charge >= 0.3 is 5.97 Å². The van der Waals surface area contributed by atoms with E-state index in [1.165, 1.54) is 12.1 Å². The second-order valence-electron chi connectivity index (χ2n) is 5.85. The molecule has 2 rings (SSSR count). The predicted octanol–water partition coefficient (Wildman–Crippen LogP) is 2.89. The summed E-state index contributed by atoms with van der Waals surface area (Å²) in [5.74, 6) is -1.60. The van der Waals surface area contributed by atoms with Crippen LogP contribution < -0.4 is 4.72 Å². The Bertz CT molecular complexity index is 837. The first-order valence-electron chi connectivity index (χ1n) is 7.82. The second-order valence-corrected chi connectivity index (χ2v) is 7.57. The minimum absolute atomic E-state index is 0.137. The van der Waals surface area contributed by atoms with Gasteiger partial charge in [-0.15, -0.1) is 0 Å². The van der Waals surface area contributed by atoms with Crippen molar-refractivity contribution in [2.75, 3.05) is 0 Å². The number of halogens is 1. The Balaban J connectivity index is 2.21. The summed E-state index contributed by atoms with van der Waals surface area (Å²) in [5.41, 5.74) is 1.24. The molecule has 1 unspecified atom stereocenters. The molecule has 0 saturated carbocycles. The van der Waals surface area contributed by atoms with E-state index >= 15 is 0 Å². The van der Waals surface area contributed by atoms with Crippen molar-refractivity contribution in [3.05, 3.63) is 65.5 Å². The summed E-state index contributed by atoms with van der Waals surface area (Å²) in [6.45, 7) is 1.55. The predicted molar refractivity (Wildman–Crippen MR) is 92.3 cm³/mol. The van der Waals surface area contributed by atoms with Gasteiger partial charge in [0.25, 0.3) is 0 Å². The quantitative estimate of drug-likeness (QED) is 0.753. The van der Waals surface area contributed by atoms with Gasteiger partial charge in [0.2, 0.25) is 10.0 Å². The molecule has 7 heteroatoms. The molecule has 2 aromatic carbocycles. The van der Waals surface area contributed by atoms with Crippen molar-refractivity contribution in [3.63, 3.8) is 0 Å². The van der Waals surface area contributed by atoms with Crippen LogP contribution >= 0.6 is 0 Å². The van der Waals surface area contributed by atoms with E-state index in [2.05, 4.69) is 4.72 Å². The molecule has 0 aromatic heterocycles. The molecule has 25 heavy (non-hydrogen) atoms. The maximum atomic E-state index is 13.7. The Kier molecular flexibility index (Phi) is 6.27. The first-order valence-corrected chi connectivity index (χ1v) is 9.30. The van der Waals surface area contributed by atoms with Crippen LogP contribution in [0.3, 0.4) is 0 Å². The number of hydrogen-bond acceptors (Lipinski definition) is 3. The minimum atomic E-state index is -3.95. The van der Waals surface area contributed by atoms with Crippen molar-refractivity contribution < 1.29 is 22.7 Å². The van der Waals surface area contributed by atoms with Gasteiger partial charge in [0.05, 0.1) is 4.90 Å². The number of carboxylic acids is 1. The number of sulfonamides is 1. The highest BCUT2D eigenvalue weighted by Gasteiger charge is 2.22.